The fourth-order valence-corrected chi connectivity index (χ4v) is 5.22. The van der Waals surface area contributed by atoms with E-state index in [1.807, 2.05) is 0 Å². The number of carbonyl (C=O) groups is 1. The monoisotopic (exact) mass is 422 g/mol. The molecule has 6 nitrogen and oxygen atoms in total. The summed E-state index contributed by atoms with van der Waals surface area (Å²) in [5.74, 6) is -0.176. The fraction of sp³-hybridized carbons (Fsp3) is 0.450. The lowest BCUT2D eigenvalue weighted by atomic mass is 9.98. The highest BCUT2D eigenvalue weighted by atomic mass is 32.2. The van der Waals surface area contributed by atoms with Gasteiger partial charge >= 0.3 is 0 Å². The minimum Gasteiger partial charge on any atom is -0.378 e. The molecule has 1 aliphatic carbocycles. The van der Waals surface area contributed by atoms with E-state index in [0.29, 0.717) is 30.5 Å². The van der Waals surface area contributed by atoms with Gasteiger partial charge in [-0.25, -0.2) is 8.42 Å². The van der Waals surface area contributed by atoms with Crippen LogP contribution in [-0.2, 0) is 14.8 Å². The molecule has 1 fully saturated rings. The Hall–Kier alpha value is -1.90. The van der Waals surface area contributed by atoms with Crippen LogP contribution in [0.2, 0.25) is 0 Å². The molecule has 0 radical (unpaired) electrons. The van der Waals surface area contributed by atoms with E-state index in [9.17, 15) is 13.2 Å². The molecule has 1 amide bonds. The summed E-state index contributed by atoms with van der Waals surface area (Å²) >= 11 is 1.15. The largest absolute Gasteiger partial charge is 0.378 e. The Morgan fingerprint density at radius 2 is 1.86 bits per heavy atom. The molecule has 152 valence electrons. The number of anilines is 1. The summed E-state index contributed by atoms with van der Waals surface area (Å²) in [7, 11) is -3.58. The fourth-order valence-electron chi connectivity index (χ4n) is 3.17. The molecular formula is C20H26N2O4S2. The second-order valence-electron chi connectivity index (χ2n) is 6.86. The van der Waals surface area contributed by atoms with Crippen LogP contribution in [0.5, 0.6) is 0 Å². The lowest BCUT2D eigenvalue weighted by Crippen LogP contribution is -2.26. The van der Waals surface area contributed by atoms with Crippen molar-refractivity contribution in [3.63, 3.8) is 0 Å². The molecule has 0 spiro atoms. The van der Waals surface area contributed by atoms with Crippen LogP contribution in [-0.4, -0.2) is 33.6 Å². The van der Waals surface area contributed by atoms with Crippen molar-refractivity contribution < 1.29 is 17.9 Å². The summed E-state index contributed by atoms with van der Waals surface area (Å²) in [6, 6.07) is 9.64. The van der Waals surface area contributed by atoms with Crippen molar-refractivity contribution in [3.8, 4) is 0 Å². The topological polar surface area (TPSA) is 84.5 Å². The Bertz CT molecular complexity index is 843. The minimum absolute atomic E-state index is 0.176. The molecule has 0 saturated heterocycles. The quantitative estimate of drug-likeness (QED) is 0.598. The summed E-state index contributed by atoms with van der Waals surface area (Å²) < 4.78 is 33.0. The molecule has 8 heteroatoms. The number of amides is 1. The number of benzene rings is 1. The van der Waals surface area contributed by atoms with Crippen molar-refractivity contribution in [2.24, 2.45) is 0 Å². The molecule has 3 rings (SSSR count). The van der Waals surface area contributed by atoms with Crippen LogP contribution in [0.4, 0.5) is 5.69 Å². The average Bonchev–Trinajstić information content (AvgIpc) is 3.25. The minimum atomic E-state index is -3.58. The summed E-state index contributed by atoms with van der Waals surface area (Å²) in [6.45, 7) is 1.21. The van der Waals surface area contributed by atoms with Crippen molar-refractivity contribution in [2.75, 3.05) is 17.9 Å². The van der Waals surface area contributed by atoms with E-state index >= 15 is 0 Å². The van der Waals surface area contributed by atoms with Crippen LogP contribution < -0.4 is 10.0 Å². The van der Waals surface area contributed by atoms with Gasteiger partial charge in [-0.2, -0.15) is 0 Å². The van der Waals surface area contributed by atoms with Gasteiger partial charge in [0.1, 0.15) is 4.21 Å². The Labute approximate surface area is 170 Å². The molecule has 1 aromatic carbocycles. The average molecular weight is 423 g/mol. The first-order valence-corrected chi connectivity index (χ1v) is 12.0. The Morgan fingerprint density at radius 1 is 1.11 bits per heavy atom. The zero-order valence-electron chi connectivity index (χ0n) is 15.7. The summed E-state index contributed by atoms with van der Waals surface area (Å²) in [5, 5.41) is 4.58. The van der Waals surface area contributed by atoms with Crippen LogP contribution >= 0.6 is 11.3 Å². The number of hydrogen-bond donors (Lipinski definition) is 2. The predicted octanol–water partition coefficient (Wildman–Crippen LogP) is 4.02. The first kappa shape index (κ1) is 20.8. The molecule has 1 aliphatic rings. The molecule has 0 unspecified atom stereocenters. The van der Waals surface area contributed by atoms with Gasteiger partial charge in [-0.3, -0.25) is 9.52 Å². The van der Waals surface area contributed by atoms with Gasteiger partial charge in [0.05, 0.1) is 6.10 Å². The van der Waals surface area contributed by atoms with Gasteiger partial charge in [0.25, 0.3) is 15.9 Å². The van der Waals surface area contributed by atoms with Gasteiger partial charge in [-0.15, -0.1) is 11.3 Å². The summed E-state index contributed by atoms with van der Waals surface area (Å²) in [5.41, 5.74) is 0.915. The number of ether oxygens (including phenoxy) is 1. The van der Waals surface area contributed by atoms with E-state index in [1.54, 1.807) is 41.8 Å². The molecule has 2 aromatic rings. The molecule has 1 saturated carbocycles. The van der Waals surface area contributed by atoms with Gasteiger partial charge in [0.15, 0.2) is 0 Å². The summed E-state index contributed by atoms with van der Waals surface area (Å²) in [6.07, 6.45) is 7.27. The van der Waals surface area contributed by atoms with Crippen LogP contribution in [0.1, 0.15) is 48.9 Å². The van der Waals surface area contributed by atoms with Crippen LogP contribution in [0.15, 0.2) is 46.0 Å². The highest BCUT2D eigenvalue weighted by Gasteiger charge is 2.16. The molecule has 1 heterocycles. The maximum Gasteiger partial charge on any atom is 0.271 e. The smallest absolute Gasteiger partial charge is 0.271 e. The highest BCUT2D eigenvalue weighted by molar-refractivity contribution is 7.94. The van der Waals surface area contributed by atoms with E-state index in [4.69, 9.17) is 4.74 Å². The predicted molar refractivity (Wildman–Crippen MR) is 111 cm³/mol. The van der Waals surface area contributed by atoms with Gasteiger partial charge < -0.3 is 10.1 Å². The normalized spacial score (nSPS) is 15.3. The number of thiophene rings is 1. The van der Waals surface area contributed by atoms with Gasteiger partial charge in [-0.1, -0.05) is 25.3 Å². The number of rotatable bonds is 9. The lowest BCUT2D eigenvalue weighted by molar-refractivity contribution is 0.0273. The number of nitrogens with one attached hydrogen (secondary N) is 2. The van der Waals surface area contributed by atoms with Gasteiger partial charge in [-0.05, 0) is 55.0 Å². The number of hydrogen-bond acceptors (Lipinski definition) is 5. The maximum atomic E-state index is 12.2. The molecule has 1 aromatic heterocycles. The first-order valence-electron chi connectivity index (χ1n) is 9.61. The van der Waals surface area contributed by atoms with E-state index in [2.05, 4.69) is 10.0 Å². The van der Waals surface area contributed by atoms with Gasteiger partial charge in [0, 0.05) is 24.4 Å². The second-order valence-corrected chi connectivity index (χ2v) is 9.71. The number of carbonyl (C=O) groups excluding carboxylic acids is 1. The van der Waals surface area contributed by atoms with Crippen molar-refractivity contribution in [1.29, 1.82) is 0 Å². The van der Waals surface area contributed by atoms with Crippen molar-refractivity contribution >= 4 is 33.0 Å². The number of sulfonamides is 1. The second kappa shape index (κ2) is 10.0. The van der Waals surface area contributed by atoms with Crippen molar-refractivity contribution in [2.45, 2.75) is 48.8 Å². The third kappa shape index (κ3) is 6.05. The molecule has 28 heavy (non-hydrogen) atoms. The zero-order chi connectivity index (χ0) is 19.8. The van der Waals surface area contributed by atoms with Gasteiger partial charge in [0.2, 0.25) is 0 Å². The molecule has 0 bridgehead atoms. The lowest BCUT2D eigenvalue weighted by Gasteiger charge is -2.21. The third-order valence-corrected chi connectivity index (χ3v) is 7.45. The van der Waals surface area contributed by atoms with Crippen LogP contribution in [0.3, 0.4) is 0 Å². The Balaban J connectivity index is 1.41. The molecule has 2 N–H and O–H groups in total. The van der Waals surface area contributed by atoms with Crippen LogP contribution in [0.25, 0.3) is 0 Å². The van der Waals surface area contributed by atoms with Crippen molar-refractivity contribution in [3.05, 3.63) is 47.3 Å². The third-order valence-electron chi connectivity index (χ3n) is 4.67. The van der Waals surface area contributed by atoms with E-state index in [-0.39, 0.29) is 10.1 Å². The highest BCUT2D eigenvalue weighted by Crippen LogP contribution is 2.21. The van der Waals surface area contributed by atoms with E-state index in [0.717, 1.165) is 30.6 Å². The molecular weight excluding hydrogens is 396 g/mol. The Morgan fingerprint density at radius 3 is 2.54 bits per heavy atom. The zero-order valence-corrected chi connectivity index (χ0v) is 17.4. The SMILES string of the molecule is O=C(NCCCOC1CCCCC1)c1ccc(NS(=O)(=O)c2cccs2)cc1. The Kier molecular flexibility index (Phi) is 7.47. The van der Waals surface area contributed by atoms with E-state index in [1.165, 1.54) is 19.3 Å². The van der Waals surface area contributed by atoms with Crippen molar-refractivity contribution in [1.82, 2.24) is 5.32 Å². The molecule has 0 atom stereocenters. The standard InChI is InChI=1S/C20H26N2O4S2/c23-20(21-13-5-14-26-18-6-2-1-3-7-18)16-9-11-17(12-10-16)22-28(24,25)19-8-4-15-27-19/h4,8-12,15,18,22H,1-3,5-7,13-14H2,(H,21,23). The summed E-state index contributed by atoms with van der Waals surface area (Å²) in [4.78, 5) is 12.2. The van der Waals surface area contributed by atoms with E-state index < -0.39 is 10.0 Å². The maximum absolute atomic E-state index is 12.2. The molecule has 0 aliphatic heterocycles. The van der Waals surface area contributed by atoms with Crippen LogP contribution in [0, 0.1) is 0 Å². The first-order chi connectivity index (χ1) is 13.5.